The predicted octanol–water partition coefficient (Wildman–Crippen LogP) is 3.15. The van der Waals surface area contributed by atoms with Gasteiger partial charge >= 0.3 is 0 Å². The summed E-state index contributed by atoms with van der Waals surface area (Å²) in [6.45, 7) is 14.0. The highest BCUT2D eigenvalue weighted by atomic mass is 16.5. The third kappa shape index (κ3) is 8.34. The molecule has 1 aliphatic rings. The average Bonchev–Trinajstić information content (AvgIpc) is 2.58. The number of aliphatic imine (C=N–C) groups is 1. The zero-order valence-electron chi connectivity index (χ0n) is 16.5. The molecule has 1 unspecified atom stereocenters. The molecule has 0 saturated carbocycles. The monoisotopic (exact) mass is 341 g/mol. The quantitative estimate of drug-likeness (QED) is 0.490. The molecule has 24 heavy (non-hydrogen) atoms. The van der Waals surface area contributed by atoms with Gasteiger partial charge in [-0.2, -0.15) is 0 Å². The van der Waals surface area contributed by atoms with Gasteiger partial charge in [0.25, 0.3) is 0 Å². The van der Waals surface area contributed by atoms with E-state index in [1.807, 2.05) is 0 Å². The summed E-state index contributed by atoms with van der Waals surface area (Å²) >= 11 is 0. The molecular formula is C19H39N3O2. The molecule has 1 rings (SSSR count). The zero-order valence-corrected chi connectivity index (χ0v) is 16.5. The van der Waals surface area contributed by atoms with Gasteiger partial charge in [-0.05, 0) is 51.4 Å². The van der Waals surface area contributed by atoms with Crippen LogP contribution in [0.1, 0.15) is 53.4 Å². The van der Waals surface area contributed by atoms with Crippen molar-refractivity contribution < 1.29 is 9.47 Å². The van der Waals surface area contributed by atoms with Crippen LogP contribution in [0.3, 0.4) is 0 Å². The minimum absolute atomic E-state index is 0.300. The Labute approximate surface area is 149 Å². The van der Waals surface area contributed by atoms with Crippen LogP contribution >= 0.6 is 0 Å². The number of guanidine groups is 1. The Kier molecular flexibility index (Phi) is 11.1. The molecule has 1 N–H and O–H groups in total. The van der Waals surface area contributed by atoms with Crippen molar-refractivity contribution in [2.75, 3.05) is 46.5 Å². The van der Waals surface area contributed by atoms with Crippen molar-refractivity contribution in [3.8, 4) is 0 Å². The first-order chi connectivity index (χ1) is 11.6. The first-order valence-corrected chi connectivity index (χ1v) is 9.77. The second kappa shape index (κ2) is 12.5. The number of hydrogen-bond donors (Lipinski definition) is 1. The van der Waals surface area contributed by atoms with E-state index in [4.69, 9.17) is 14.5 Å². The molecule has 1 fully saturated rings. The van der Waals surface area contributed by atoms with E-state index >= 15 is 0 Å². The summed E-state index contributed by atoms with van der Waals surface area (Å²) in [5.74, 6) is 2.35. The van der Waals surface area contributed by atoms with Crippen LogP contribution in [-0.4, -0.2) is 63.5 Å². The Hall–Kier alpha value is -0.810. The van der Waals surface area contributed by atoms with Gasteiger partial charge in [-0.15, -0.1) is 0 Å². The number of rotatable bonds is 10. The highest BCUT2D eigenvalue weighted by Crippen LogP contribution is 2.18. The Morgan fingerprint density at radius 3 is 2.58 bits per heavy atom. The minimum atomic E-state index is 0.300. The second-order valence-electron chi connectivity index (χ2n) is 7.03. The first kappa shape index (κ1) is 21.2. The molecule has 0 aromatic heterocycles. The van der Waals surface area contributed by atoms with E-state index in [2.05, 4.69) is 45.0 Å². The van der Waals surface area contributed by atoms with Gasteiger partial charge in [0.2, 0.25) is 0 Å². The van der Waals surface area contributed by atoms with Gasteiger partial charge in [-0.3, -0.25) is 4.99 Å². The third-order valence-corrected chi connectivity index (χ3v) is 4.71. The number of hydrogen-bond acceptors (Lipinski definition) is 3. The lowest BCUT2D eigenvalue weighted by Crippen LogP contribution is -2.40. The van der Waals surface area contributed by atoms with Crippen molar-refractivity contribution >= 4 is 5.96 Å². The molecule has 5 nitrogen and oxygen atoms in total. The van der Waals surface area contributed by atoms with Crippen molar-refractivity contribution in [2.24, 2.45) is 16.8 Å². The summed E-state index contributed by atoms with van der Waals surface area (Å²) < 4.78 is 11.3. The molecular weight excluding hydrogens is 302 g/mol. The fraction of sp³-hybridized carbons (Fsp3) is 0.947. The Bertz CT molecular complexity index is 342. The maximum atomic E-state index is 5.82. The number of ether oxygens (including phenoxy) is 2. The summed E-state index contributed by atoms with van der Waals surface area (Å²) in [7, 11) is 2.14. The molecule has 0 amide bonds. The zero-order chi connectivity index (χ0) is 17.8. The minimum Gasteiger partial charge on any atom is -0.381 e. The van der Waals surface area contributed by atoms with Gasteiger partial charge < -0.3 is 19.7 Å². The molecule has 0 aromatic rings. The van der Waals surface area contributed by atoms with E-state index in [1.165, 1.54) is 19.3 Å². The van der Waals surface area contributed by atoms with Gasteiger partial charge in [0.05, 0.1) is 6.10 Å². The molecule has 1 heterocycles. The van der Waals surface area contributed by atoms with Crippen LogP contribution in [0.15, 0.2) is 4.99 Å². The Balaban J connectivity index is 2.44. The normalized spacial score (nSPS) is 18.0. The van der Waals surface area contributed by atoms with Gasteiger partial charge in [0.1, 0.15) is 0 Å². The number of nitrogens with one attached hydrogen (secondary N) is 1. The lowest BCUT2D eigenvalue weighted by Gasteiger charge is -2.27. The molecule has 0 radical (unpaired) electrons. The molecule has 0 bridgehead atoms. The van der Waals surface area contributed by atoms with E-state index in [0.29, 0.717) is 12.0 Å². The predicted molar refractivity (Wildman–Crippen MR) is 102 cm³/mol. The smallest absolute Gasteiger partial charge is 0.193 e. The van der Waals surface area contributed by atoms with Crippen LogP contribution < -0.4 is 5.32 Å². The molecule has 0 spiro atoms. The van der Waals surface area contributed by atoms with E-state index in [1.54, 1.807) is 0 Å². The van der Waals surface area contributed by atoms with Crippen LogP contribution in [0.5, 0.6) is 0 Å². The molecule has 1 saturated heterocycles. The van der Waals surface area contributed by atoms with E-state index < -0.39 is 0 Å². The summed E-state index contributed by atoms with van der Waals surface area (Å²) in [5.41, 5.74) is 0. The summed E-state index contributed by atoms with van der Waals surface area (Å²) in [6.07, 6.45) is 4.90. The van der Waals surface area contributed by atoms with Gasteiger partial charge in [0, 0.05) is 46.5 Å². The maximum Gasteiger partial charge on any atom is 0.193 e. The van der Waals surface area contributed by atoms with Crippen LogP contribution in [-0.2, 0) is 9.47 Å². The van der Waals surface area contributed by atoms with Crippen molar-refractivity contribution in [1.29, 1.82) is 0 Å². The molecule has 1 atom stereocenters. The topological polar surface area (TPSA) is 46.1 Å². The fourth-order valence-corrected chi connectivity index (χ4v) is 3.11. The first-order valence-electron chi connectivity index (χ1n) is 9.77. The lowest BCUT2D eigenvalue weighted by molar-refractivity contribution is 0.0266. The lowest BCUT2D eigenvalue weighted by atomic mass is 9.96. The highest BCUT2D eigenvalue weighted by Gasteiger charge is 2.16. The largest absolute Gasteiger partial charge is 0.381 e. The third-order valence-electron chi connectivity index (χ3n) is 4.71. The molecule has 0 aromatic carbocycles. The maximum absolute atomic E-state index is 5.82. The van der Waals surface area contributed by atoms with Crippen LogP contribution in [0, 0.1) is 11.8 Å². The van der Waals surface area contributed by atoms with Crippen molar-refractivity contribution in [3.63, 3.8) is 0 Å². The van der Waals surface area contributed by atoms with Crippen molar-refractivity contribution in [3.05, 3.63) is 0 Å². The Morgan fingerprint density at radius 1 is 1.29 bits per heavy atom. The molecule has 1 aliphatic heterocycles. The van der Waals surface area contributed by atoms with Gasteiger partial charge in [-0.1, -0.05) is 13.8 Å². The summed E-state index contributed by atoms with van der Waals surface area (Å²) in [5, 5.41) is 3.42. The molecule has 0 aliphatic carbocycles. The standard InChI is InChI=1S/C19H39N3O2/c1-6-20-19(21-12-8-18(16(3)4)24-7-2)22(5)13-9-17-10-14-23-15-11-17/h16-18H,6-15H2,1-5H3,(H,20,21). The van der Waals surface area contributed by atoms with Gasteiger partial charge in [-0.25, -0.2) is 0 Å². The van der Waals surface area contributed by atoms with E-state index in [9.17, 15) is 0 Å². The Morgan fingerprint density at radius 2 is 2.00 bits per heavy atom. The highest BCUT2D eigenvalue weighted by molar-refractivity contribution is 5.79. The molecule has 142 valence electrons. The van der Waals surface area contributed by atoms with E-state index in [0.717, 1.165) is 57.8 Å². The SMILES string of the molecule is CCNC(=NCCC(OCC)C(C)C)N(C)CCC1CCOCC1. The van der Waals surface area contributed by atoms with Gasteiger partial charge in [0.15, 0.2) is 5.96 Å². The molecule has 5 heteroatoms. The summed E-state index contributed by atoms with van der Waals surface area (Å²) in [6, 6.07) is 0. The van der Waals surface area contributed by atoms with Crippen LogP contribution in [0.4, 0.5) is 0 Å². The second-order valence-corrected chi connectivity index (χ2v) is 7.03. The van der Waals surface area contributed by atoms with Crippen LogP contribution in [0.2, 0.25) is 0 Å². The van der Waals surface area contributed by atoms with E-state index in [-0.39, 0.29) is 0 Å². The average molecular weight is 342 g/mol. The fourth-order valence-electron chi connectivity index (χ4n) is 3.11. The van der Waals surface area contributed by atoms with Crippen LogP contribution in [0.25, 0.3) is 0 Å². The van der Waals surface area contributed by atoms with Crippen molar-refractivity contribution in [2.45, 2.75) is 59.5 Å². The van der Waals surface area contributed by atoms with Crippen molar-refractivity contribution in [1.82, 2.24) is 10.2 Å². The number of nitrogens with zero attached hydrogens (tertiary/aromatic N) is 2. The summed E-state index contributed by atoms with van der Waals surface area (Å²) in [4.78, 5) is 7.08.